The minimum absolute atomic E-state index is 0.00870. The smallest absolute Gasteiger partial charge is 0.126 e. The van der Waals surface area contributed by atoms with Crippen molar-refractivity contribution in [3.8, 4) is 0 Å². The summed E-state index contributed by atoms with van der Waals surface area (Å²) < 4.78 is 13.6. The second-order valence-corrected chi connectivity index (χ2v) is 5.10. The van der Waals surface area contributed by atoms with Crippen LogP contribution in [0.5, 0.6) is 0 Å². The first kappa shape index (κ1) is 10.9. The standard InChI is InChI=1S/C13H16ClF/c1-7-4-5-10(14)13-9(3)11(15)6-8(2)12(7)13/h6-7,10H,4-5H2,1-3H3. The van der Waals surface area contributed by atoms with Gasteiger partial charge in [0.1, 0.15) is 5.82 Å². The highest BCUT2D eigenvalue weighted by Crippen LogP contribution is 2.44. The maximum Gasteiger partial charge on any atom is 0.126 e. The molecule has 82 valence electrons. The molecule has 0 N–H and O–H groups in total. The summed E-state index contributed by atoms with van der Waals surface area (Å²) in [6, 6.07) is 1.64. The molecule has 0 heterocycles. The molecule has 0 fully saturated rings. The monoisotopic (exact) mass is 226 g/mol. The molecule has 0 saturated carbocycles. The first-order valence-electron chi connectivity index (χ1n) is 5.46. The van der Waals surface area contributed by atoms with Gasteiger partial charge in [-0.25, -0.2) is 4.39 Å². The van der Waals surface area contributed by atoms with E-state index in [4.69, 9.17) is 11.6 Å². The maximum absolute atomic E-state index is 13.6. The highest BCUT2D eigenvalue weighted by atomic mass is 35.5. The van der Waals surface area contributed by atoms with Gasteiger partial charge in [0.25, 0.3) is 0 Å². The lowest BCUT2D eigenvalue weighted by Gasteiger charge is -2.29. The van der Waals surface area contributed by atoms with Crippen LogP contribution in [0.3, 0.4) is 0 Å². The second kappa shape index (κ2) is 3.79. The minimum atomic E-state index is -0.119. The molecule has 1 aromatic carbocycles. The van der Waals surface area contributed by atoms with Gasteiger partial charge in [-0.2, -0.15) is 0 Å². The average molecular weight is 227 g/mol. The van der Waals surface area contributed by atoms with Gasteiger partial charge in [-0.3, -0.25) is 0 Å². The third kappa shape index (κ3) is 1.67. The lowest BCUT2D eigenvalue weighted by molar-refractivity contribution is 0.556. The summed E-state index contributed by atoms with van der Waals surface area (Å²) >= 11 is 6.30. The Labute approximate surface area is 95.4 Å². The molecule has 0 bridgehead atoms. The highest BCUT2D eigenvalue weighted by Gasteiger charge is 2.27. The number of alkyl halides is 1. The Kier molecular flexibility index (Phi) is 2.76. The summed E-state index contributed by atoms with van der Waals surface area (Å²) in [6.45, 7) is 6.01. The van der Waals surface area contributed by atoms with Crippen LogP contribution in [0.15, 0.2) is 6.07 Å². The van der Waals surface area contributed by atoms with Crippen molar-refractivity contribution in [1.82, 2.24) is 0 Å². The van der Waals surface area contributed by atoms with E-state index in [1.165, 1.54) is 5.56 Å². The topological polar surface area (TPSA) is 0 Å². The number of aryl methyl sites for hydroxylation is 1. The lowest BCUT2D eigenvalue weighted by atomic mass is 9.79. The summed E-state index contributed by atoms with van der Waals surface area (Å²) in [5, 5.41) is -0.00870. The fourth-order valence-corrected chi connectivity index (χ4v) is 3.07. The zero-order valence-electron chi connectivity index (χ0n) is 9.40. The van der Waals surface area contributed by atoms with Crippen LogP contribution >= 0.6 is 11.6 Å². The highest BCUT2D eigenvalue weighted by molar-refractivity contribution is 6.21. The molecule has 2 rings (SSSR count). The molecule has 0 saturated heterocycles. The SMILES string of the molecule is Cc1cc(F)c(C)c2c1C(C)CCC2Cl. The lowest BCUT2D eigenvalue weighted by Crippen LogP contribution is -2.14. The van der Waals surface area contributed by atoms with Gasteiger partial charge in [-0.05, 0) is 60.9 Å². The molecule has 0 amide bonds. The van der Waals surface area contributed by atoms with E-state index < -0.39 is 0 Å². The zero-order chi connectivity index (χ0) is 11.2. The van der Waals surface area contributed by atoms with Crippen LogP contribution in [-0.4, -0.2) is 0 Å². The molecule has 2 heteroatoms. The summed E-state index contributed by atoms with van der Waals surface area (Å²) in [4.78, 5) is 0. The van der Waals surface area contributed by atoms with E-state index in [9.17, 15) is 4.39 Å². The van der Waals surface area contributed by atoms with Crippen molar-refractivity contribution in [2.45, 2.75) is 44.9 Å². The fourth-order valence-electron chi connectivity index (χ4n) is 2.66. The van der Waals surface area contributed by atoms with Crippen molar-refractivity contribution in [2.75, 3.05) is 0 Å². The van der Waals surface area contributed by atoms with Crippen molar-refractivity contribution >= 4 is 11.6 Å². The van der Waals surface area contributed by atoms with Crippen LogP contribution in [-0.2, 0) is 0 Å². The van der Waals surface area contributed by atoms with Crippen molar-refractivity contribution in [2.24, 2.45) is 0 Å². The number of rotatable bonds is 0. The molecule has 2 atom stereocenters. The minimum Gasteiger partial charge on any atom is -0.207 e. The zero-order valence-corrected chi connectivity index (χ0v) is 10.2. The Hall–Kier alpha value is -0.560. The first-order chi connectivity index (χ1) is 7.02. The third-order valence-corrected chi connectivity index (χ3v) is 3.92. The molecule has 0 aliphatic heterocycles. The van der Waals surface area contributed by atoms with E-state index in [0.29, 0.717) is 5.92 Å². The average Bonchev–Trinajstić information content (AvgIpc) is 2.18. The number of hydrogen-bond acceptors (Lipinski definition) is 0. The molecular weight excluding hydrogens is 211 g/mol. The van der Waals surface area contributed by atoms with Crippen molar-refractivity contribution in [3.63, 3.8) is 0 Å². The van der Waals surface area contributed by atoms with Crippen LogP contribution in [0.2, 0.25) is 0 Å². The predicted octanol–water partition coefficient (Wildman–Crippen LogP) is 4.62. The van der Waals surface area contributed by atoms with E-state index in [1.807, 2.05) is 13.8 Å². The Morgan fingerprint density at radius 3 is 2.60 bits per heavy atom. The van der Waals surface area contributed by atoms with Gasteiger partial charge >= 0.3 is 0 Å². The van der Waals surface area contributed by atoms with Crippen LogP contribution in [0.4, 0.5) is 4.39 Å². The normalized spacial score (nSPS) is 25.1. The molecular formula is C13H16ClF. The van der Waals surface area contributed by atoms with Gasteiger partial charge in [0.2, 0.25) is 0 Å². The summed E-state index contributed by atoms with van der Waals surface area (Å²) in [6.07, 6.45) is 2.06. The second-order valence-electron chi connectivity index (χ2n) is 4.57. The van der Waals surface area contributed by atoms with Crippen molar-refractivity contribution in [3.05, 3.63) is 34.1 Å². The molecule has 1 aliphatic rings. The van der Waals surface area contributed by atoms with Gasteiger partial charge in [-0.15, -0.1) is 11.6 Å². The first-order valence-corrected chi connectivity index (χ1v) is 5.89. The van der Waals surface area contributed by atoms with E-state index in [1.54, 1.807) is 6.07 Å². The Balaban J connectivity index is 2.71. The van der Waals surface area contributed by atoms with Gasteiger partial charge in [0.05, 0.1) is 5.38 Å². The molecule has 0 aromatic heterocycles. The molecule has 2 unspecified atom stereocenters. The molecule has 0 nitrogen and oxygen atoms in total. The fraction of sp³-hybridized carbons (Fsp3) is 0.538. The Morgan fingerprint density at radius 1 is 1.27 bits per heavy atom. The van der Waals surface area contributed by atoms with Crippen molar-refractivity contribution in [1.29, 1.82) is 0 Å². The van der Waals surface area contributed by atoms with E-state index in [0.717, 1.165) is 29.5 Å². The van der Waals surface area contributed by atoms with Crippen LogP contribution < -0.4 is 0 Å². The maximum atomic E-state index is 13.6. The van der Waals surface area contributed by atoms with Crippen LogP contribution in [0.25, 0.3) is 0 Å². The Bertz CT molecular complexity index is 398. The summed E-state index contributed by atoms with van der Waals surface area (Å²) in [7, 11) is 0. The number of benzene rings is 1. The van der Waals surface area contributed by atoms with E-state index in [2.05, 4.69) is 6.92 Å². The van der Waals surface area contributed by atoms with E-state index in [-0.39, 0.29) is 11.2 Å². The number of halogens is 2. The van der Waals surface area contributed by atoms with Gasteiger partial charge < -0.3 is 0 Å². The van der Waals surface area contributed by atoms with Crippen LogP contribution in [0, 0.1) is 19.7 Å². The molecule has 0 spiro atoms. The van der Waals surface area contributed by atoms with E-state index >= 15 is 0 Å². The number of fused-ring (bicyclic) bond motifs is 1. The largest absolute Gasteiger partial charge is 0.207 e. The number of hydrogen-bond donors (Lipinski definition) is 0. The molecule has 15 heavy (non-hydrogen) atoms. The summed E-state index contributed by atoms with van der Waals surface area (Å²) in [5.74, 6) is 0.389. The molecule has 1 aromatic rings. The van der Waals surface area contributed by atoms with Gasteiger partial charge in [0.15, 0.2) is 0 Å². The van der Waals surface area contributed by atoms with Crippen LogP contribution in [0.1, 0.15) is 53.3 Å². The van der Waals surface area contributed by atoms with Gasteiger partial charge in [-0.1, -0.05) is 6.92 Å². The Morgan fingerprint density at radius 2 is 1.93 bits per heavy atom. The predicted molar refractivity (Wildman–Crippen MR) is 62.1 cm³/mol. The quantitative estimate of drug-likeness (QED) is 0.567. The van der Waals surface area contributed by atoms with Crippen molar-refractivity contribution < 1.29 is 4.39 Å². The molecule has 0 radical (unpaired) electrons. The summed E-state index contributed by atoms with van der Waals surface area (Å²) in [5.41, 5.74) is 4.11. The van der Waals surface area contributed by atoms with Gasteiger partial charge in [0, 0.05) is 0 Å². The third-order valence-electron chi connectivity index (χ3n) is 3.48. The molecule has 1 aliphatic carbocycles.